The molecule has 0 aliphatic heterocycles. The first-order chi connectivity index (χ1) is 6.24. The molecule has 1 heterocycles. The van der Waals surface area contributed by atoms with Gasteiger partial charge in [-0.25, -0.2) is 0 Å². The van der Waals surface area contributed by atoms with Gasteiger partial charge in [-0.3, -0.25) is 4.79 Å². The zero-order chi connectivity index (χ0) is 9.68. The molecule has 1 rings (SSSR count). The summed E-state index contributed by atoms with van der Waals surface area (Å²) in [5.74, 6) is -0.122. The normalized spacial score (nSPS) is 12.5. The summed E-state index contributed by atoms with van der Waals surface area (Å²) in [5.41, 5.74) is 6.46. The lowest BCUT2D eigenvalue weighted by Gasteiger charge is -2.08. The second-order valence-electron chi connectivity index (χ2n) is 2.86. The largest absolute Gasteiger partial charge is 0.472 e. The highest BCUT2D eigenvalue weighted by Crippen LogP contribution is 1.98. The van der Waals surface area contributed by atoms with Crippen LogP contribution in [-0.4, -0.2) is 11.9 Å². The van der Waals surface area contributed by atoms with E-state index in [1.54, 1.807) is 18.6 Å². The summed E-state index contributed by atoms with van der Waals surface area (Å²) < 4.78 is 4.85. The van der Waals surface area contributed by atoms with E-state index in [4.69, 9.17) is 10.2 Å². The maximum Gasteiger partial charge on any atom is 0.237 e. The number of carbonyl (C=O) groups is 1. The van der Waals surface area contributed by atoms with E-state index in [1.807, 2.05) is 6.92 Å². The van der Waals surface area contributed by atoms with Crippen molar-refractivity contribution in [2.24, 2.45) is 5.73 Å². The third-order valence-electron chi connectivity index (χ3n) is 1.82. The van der Waals surface area contributed by atoms with Crippen molar-refractivity contribution in [1.29, 1.82) is 0 Å². The molecule has 0 fully saturated rings. The molecule has 0 unspecified atom stereocenters. The summed E-state index contributed by atoms with van der Waals surface area (Å²) in [6.45, 7) is 2.35. The van der Waals surface area contributed by atoms with E-state index in [9.17, 15) is 4.79 Å². The molecule has 1 atom stereocenters. The second-order valence-corrected chi connectivity index (χ2v) is 2.86. The van der Waals surface area contributed by atoms with Gasteiger partial charge in [-0.1, -0.05) is 6.92 Å². The highest BCUT2D eigenvalue weighted by atomic mass is 16.3. The molecule has 4 nitrogen and oxygen atoms in total. The van der Waals surface area contributed by atoms with Crippen molar-refractivity contribution in [3.8, 4) is 0 Å². The van der Waals surface area contributed by atoms with E-state index in [-0.39, 0.29) is 5.91 Å². The molecule has 0 aliphatic rings. The summed E-state index contributed by atoms with van der Waals surface area (Å²) in [7, 11) is 0. The summed E-state index contributed by atoms with van der Waals surface area (Å²) in [6, 6.07) is 1.39. The van der Waals surface area contributed by atoms with Gasteiger partial charge in [0.2, 0.25) is 5.91 Å². The Balaban J connectivity index is 2.31. The van der Waals surface area contributed by atoms with Gasteiger partial charge in [0, 0.05) is 12.1 Å². The van der Waals surface area contributed by atoms with Crippen molar-refractivity contribution >= 4 is 5.91 Å². The first-order valence-electron chi connectivity index (χ1n) is 4.28. The Kier molecular flexibility index (Phi) is 3.52. The van der Waals surface area contributed by atoms with Crippen molar-refractivity contribution in [3.05, 3.63) is 24.2 Å². The number of hydrogen-bond donors (Lipinski definition) is 2. The van der Waals surface area contributed by atoms with Crippen LogP contribution in [0, 0.1) is 0 Å². The van der Waals surface area contributed by atoms with Crippen LogP contribution < -0.4 is 11.1 Å². The summed E-state index contributed by atoms with van der Waals surface area (Å²) in [5, 5.41) is 2.71. The fourth-order valence-corrected chi connectivity index (χ4v) is 0.899. The Labute approximate surface area is 77.1 Å². The Hall–Kier alpha value is -1.29. The molecule has 0 saturated heterocycles. The molecule has 0 saturated carbocycles. The zero-order valence-corrected chi connectivity index (χ0v) is 7.62. The Bertz CT molecular complexity index is 257. The minimum Gasteiger partial charge on any atom is -0.472 e. The van der Waals surface area contributed by atoms with Gasteiger partial charge >= 0.3 is 0 Å². The van der Waals surface area contributed by atoms with Crippen molar-refractivity contribution in [2.75, 3.05) is 0 Å². The lowest BCUT2D eigenvalue weighted by atomic mass is 10.2. The summed E-state index contributed by atoms with van der Waals surface area (Å²) in [4.78, 5) is 11.2. The average Bonchev–Trinajstić information content (AvgIpc) is 2.65. The predicted octanol–water partition coefficient (Wildman–Crippen LogP) is 0.633. The molecule has 1 amide bonds. The average molecular weight is 182 g/mol. The maximum absolute atomic E-state index is 11.2. The molecule has 0 aliphatic carbocycles. The second kappa shape index (κ2) is 4.67. The number of carbonyl (C=O) groups excluding carboxylic acids is 1. The standard InChI is InChI=1S/C9H14N2O2/c1-2-8(10)9(12)11-5-7-3-4-13-6-7/h3-4,6,8H,2,5,10H2,1H3,(H,11,12)/t8-/m0/s1. The van der Waals surface area contributed by atoms with Crippen molar-refractivity contribution < 1.29 is 9.21 Å². The summed E-state index contributed by atoms with van der Waals surface area (Å²) in [6.07, 6.45) is 3.82. The van der Waals surface area contributed by atoms with Crippen molar-refractivity contribution in [3.63, 3.8) is 0 Å². The van der Waals surface area contributed by atoms with Crippen LogP contribution in [0.5, 0.6) is 0 Å². The van der Waals surface area contributed by atoms with Gasteiger partial charge in [0.1, 0.15) is 0 Å². The Morgan fingerprint density at radius 2 is 2.54 bits per heavy atom. The molecule has 3 N–H and O–H groups in total. The number of amides is 1. The lowest BCUT2D eigenvalue weighted by Crippen LogP contribution is -2.39. The number of furan rings is 1. The third-order valence-corrected chi connectivity index (χ3v) is 1.82. The van der Waals surface area contributed by atoms with E-state index < -0.39 is 6.04 Å². The van der Waals surface area contributed by atoms with E-state index in [2.05, 4.69) is 5.32 Å². The van der Waals surface area contributed by atoms with Gasteiger partial charge in [0.15, 0.2) is 0 Å². The van der Waals surface area contributed by atoms with Gasteiger partial charge < -0.3 is 15.5 Å². The first kappa shape index (κ1) is 9.80. The van der Waals surface area contributed by atoms with Gasteiger partial charge in [-0.2, -0.15) is 0 Å². The van der Waals surface area contributed by atoms with Crippen LogP contribution in [0.4, 0.5) is 0 Å². The van der Waals surface area contributed by atoms with Crippen LogP contribution in [0.3, 0.4) is 0 Å². The molecular weight excluding hydrogens is 168 g/mol. The fraction of sp³-hybridized carbons (Fsp3) is 0.444. The highest BCUT2D eigenvalue weighted by molar-refractivity contribution is 5.81. The van der Waals surface area contributed by atoms with E-state index >= 15 is 0 Å². The van der Waals surface area contributed by atoms with Crippen LogP contribution in [-0.2, 0) is 11.3 Å². The Morgan fingerprint density at radius 1 is 1.77 bits per heavy atom. The summed E-state index contributed by atoms with van der Waals surface area (Å²) >= 11 is 0. The molecule has 72 valence electrons. The van der Waals surface area contributed by atoms with Crippen molar-refractivity contribution in [1.82, 2.24) is 5.32 Å². The highest BCUT2D eigenvalue weighted by Gasteiger charge is 2.09. The SMILES string of the molecule is CC[C@H](N)C(=O)NCc1ccoc1. The van der Waals surface area contributed by atoms with Crippen LogP contribution in [0.15, 0.2) is 23.0 Å². The molecule has 0 bridgehead atoms. The van der Waals surface area contributed by atoms with Gasteiger partial charge in [-0.15, -0.1) is 0 Å². The van der Waals surface area contributed by atoms with Crippen molar-refractivity contribution in [2.45, 2.75) is 25.9 Å². The zero-order valence-electron chi connectivity index (χ0n) is 7.62. The minimum absolute atomic E-state index is 0.122. The quantitative estimate of drug-likeness (QED) is 0.717. The molecule has 0 aromatic carbocycles. The van der Waals surface area contributed by atoms with Crippen LogP contribution in [0.25, 0.3) is 0 Å². The smallest absolute Gasteiger partial charge is 0.237 e. The first-order valence-corrected chi connectivity index (χ1v) is 4.28. The predicted molar refractivity (Wildman–Crippen MR) is 48.8 cm³/mol. The number of hydrogen-bond acceptors (Lipinski definition) is 3. The molecule has 0 spiro atoms. The van der Waals surface area contributed by atoms with Crippen LogP contribution in [0.1, 0.15) is 18.9 Å². The van der Waals surface area contributed by atoms with E-state index in [1.165, 1.54) is 0 Å². The molecule has 4 heteroatoms. The maximum atomic E-state index is 11.2. The van der Waals surface area contributed by atoms with Gasteiger partial charge in [0.05, 0.1) is 18.6 Å². The monoisotopic (exact) mass is 182 g/mol. The minimum atomic E-state index is -0.410. The van der Waals surface area contributed by atoms with Gasteiger partial charge in [-0.05, 0) is 12.5 Å². The fourth-order valence-electron chi connectivity index (χ4n) is 0.899. The van der Waals surface area contributed by atoms with Gasteiger partial charge in [0.25, 0.3) is 0 Å². The molecule has 13 heavy (non-hydrogen) atoms. The number of nitrogens with two attached hydrogens (primary N) is 1. The topological polar surface area (TPSA) is 68.3 Å². The molecule has 1 aromatic heterocycles. The van der Waals surface area contributed by atoms with Crippen LogP contribution >= 0.6 is 0 Å². The molecular formula is C9H14N2O2. The number of rotatable bonds is 4. The van der Waals surface area contributed by atoms with E-state index in [0.717, 1.165) is 5.56 Å². The van der Waals surface area contributed by atoms with Crippen LogP contribution in [0.2, 0.25) is 0 Å². The molecule has 1 aromatic rings. The lowest BCUT2D eigenvalue weighted by molar-refractivity contribution is -0.122. The van der Waals surface area contributed by atoms with E-state index in [0.29, 0.717) is 13.0 Å². The molecule has 0 radical (unpaired) electrons. The third kappa shape index (κ3) is 2.91. The number of nitrogens with one attached hydrogen (secondary N) is 1. The Morgan fingerprint density at radius 3 is 3.08 bits per heavy atom.